The summed E-state index contributed by atoms with van der Waals surface area (Å²) in [6.07, 6.45) is -5.68. The number of alkyl halides is 3. The van der Waals surface area contributed by atoms with E-state index in [1.54, 1.807) is 0 Å². The number of hydrogen-bond donors (Lipinski definition) is 1. The summed E-state index contributed by atoms with van der Waals surface area (Å²) in [6, 6.07) is 0. The Bertz CT molecular complexity index is 129. The minimum Gasteiger partial charge on any atom is -0.393 e. The predicted octanol–water partition coefficient (Wildman–Crippen LogP) is 2.59. The van der Waals surface area contributed by atoms with Gasteiger partial charge in [-0.15, -0.1) is 0 Å². The number of aliphatic hydroxyl groups is 1. The highest BCUT2D eigenvalue weighted by molar-refractivity contribution is 4.83. The van der Waals surface area contributed by atoms with E-state index in [-0.39, 0.29) is 0 Å². The fraction of sp³-hybridized carbons (Fsp3) is 1.00. The van der Waals surface area contributed by atoms with Crippen molar-refractivity contribution in [3.63, 3.8) is 0 Å². The van der Waals surface area contributed by atoms with Crippen LogP contribution in [0.2, 0.25) is 0 Å². The first-order valence-corrected chi connectivity index (χ1v) is 3.81. The summed E-state index contributed by atoms with van der Waals surface area (Å²) >= 11 is 0. The quantitative estimate of drug-likeness (QED) is 0.664. The molecular formula is C8H15F3O. The minimum absolute atomic E-state index is 0.952. The topological polar surface area (TPSA) is 20.2 Å². The van der Waals surface area contributed by atoms with E-state index in [4.69, 9.17) is 5.11 Å². The van der Waals surface area contributed by atoms with Gasteiger partial charge in [-0.05, 0) is 12.3 Å². The largest absolute Gasteiger partial charge is 0.394 e. The van der Waals surface area contributed by atoms with E-state index in [2.05, 4.69) is 0 Å². The van der Waals surface area contributed by atoms with Crippen LogP contribution in [0, 0.1) is 11.3 Å². The van der Waals surface area contributed by atoms with Gasteiger partial charge in [-0.2, -0.15) is 13.2 Å². The third-order valence-corrected chi connectivity index (χ3v) is 1.77. The fourth-order valence-corrected chi connectivity index (χ4v) is 1.49. The highest BCUT2D eigenvalue weighted by atomic mass is 19.4. The summed E-state index contributed by atoms with van der Waals surface area (Å²) < 4.78 is 36.9. The summed E-state index contributed by atoms with van der Waals surface area (Å²) in [4.78, 5) is 0. The lowest BCUT2D eigenvalue weighted by Gasteiger charge is -2.34. The third-order valence-electron chi connectivity index (χ3n) is 1.77. The molecule has 12 heavy (non-hydrogen) atoms. The number of aliphatic hydroxyl groups excluding tert-OH is 1. The van der Waals surface area contributed by atoms with E-state index in [1.807, 2.05) is 0 Å². The molecule has 0 aliphatic rings. The van der Waals surface area contributed by atoms with Crippen molar-refractivity contribution in [2.24, 2.45) is 11.3 Å². The van der Waals surface area contributed by atoms with Crippen molar-refractivity contribution in [1.82, 2.24) is 0 Å². The molecule has 0 aromatic rings. The molecule has 2 atom stereocenters. The molecule has 0 unspecified atom stereocenters. The Hall–Kier alpha value is -0.250. The van der Waals surface area contributed by atoms with E-state index < -0.39 is 23.6 Å². The molecule has 0 radical (unpaired) electrons. The van der Waals surface area contributed by atoms with Gasteiger partial charge in [-0.25, -0.2) is 0 Å². The molecule has 0 aromatic carbocycles. The molecule has 0 amide bonds. The molecule has 0 rings (SSSR count). The Morgan fingerprint density at radius 3 is 1.42 bits per heavy atom. The number of halogens is 3. The van der Waals surface area contributed by atoms with E-state index in [0.717, 1.165) is 0 Å². The summed E-state index contributed by atoms with van der Waals surface area (Å²) in [5, 5.41) is 8.96. The lowest BCUT2D eigenvalue weighted by Crippen LogP contribution is -2.41. The van der Waals surface area contributed by atoms with E-state index in [0.29, 0.717) is 0 Å². The standard InChI is InChI=1S/C8H15F3O/c1-5(12)6(7(2,3)4)8(9,10)11/h5-6,12H,1-4H3/t5-,6+/m0/s1. The Kier molecular flexibility index (Phi) is 3.18. The van der Waals surface area contributed by atoms with Gasteiger partial charge in [0, 0.05) is 0 Å². The maximum atomic E-state index is 12.3. The fourth-order valence-electron chi connectivity index (χ4n) is 1.49. The van der Waals surface area contributed by atoms with Crippen LogP contribution in [0.25, 0.3) is 0 Å². The van der Waals surface area contributed by atoms with Crippen LogP contribution < -0.4 is 0 Å². The molecule has 74 valence electrons. The SMILES string of the molecule is C[C@H](O)[C@H](C(C)(C)C)C(F)(F)F. The predicted molar refractivity (Wildman–Crippen MR) is 40.7 cm³/mol. The van der Waals surface area contributed by atoms with Crippen molar-refractivity contribution in [3.05, 3.63) is 0 Å². The van der Waals surface area contributed by atoms with Gasteiger partial charge < -0.3 is 5.11 Å². The van der Waals surface area contributed by atoms with Gasteiger partial charge >= 0.3 is 6.18 Å². The Morgan fingerprint density at radius 2 is 1.42 bits per heavy atom. The minimum atomic E-state index is -4.33. The molecule has 0 bridgehead atoms. The molecule has 0 heterocycles. The van der Waals surface area contributed by atoms with Crippen LogP contribution in [0.4, 0.5) is 13.2 Å². The molecule has 0 fully saturated rings. The first kappa shape index (κ1) is 11.8. The lowest BCUT2D eigenvalue weighted by atomic mass is 9.77. The molecular weight excluding hydrogens is 169 g/mol. The van der Waals surface area contributed by atoms with Crippen LogP contribution in [-0.2, 0) is 0 Å². The second kappa shape index (κ2) is 3.24. The van der Waals surface area contributed by atoms with E-state index in [9.17, 15) is 13.2 Å². The average Bonchev–Trinajstić information content (AvgIpc) is 1.49. The van der Waals surface area contributed by atoms with Crippen LogP contribution in [0.5, 0.6) is 0 Å². The second-order valence-corrected chi connectivity index (χ2v) is 4.13. The Labute approximate surface area is 70.6 Å². The van der Waals surface area contributed by atoms with Gasteiger partial charge in [0.1, 0.15) is 0 Å². The number of hydrogen-bond acceptors (Lipinski definition) is 1. The van der Waals surface area contributed by atoms with Gasteiger partial charge in [0.2, 0.25) is 0 Å². The van der Waals surface area contributed by atoms with Crippen LogP contribution in [0.3, 0.4) is 0 Å². The average molecular weight is 184 g/mol. The molecule has 0 aliphatic heterocycles. The van der Waals surface area contributed by atoms with Gasteiger partial charge in [0.05, 0.1) is 12.0 Å². The zero-order valence-corrected chi connectivity index (χ0v) is 7.74. The summed E-state index contributed by atoms with van der Waals surface area (Å²) in [5.74, 6) is -1.66. The second-order valence-electron chi connectivity index (χ2n) is 4.13. The molecule has 0 saturated carbocycles. The van der Waals surface area contributed by atoms with Gasteiger partial charge in [-0.1, -0.05) is 20.8 Å². The van der Waals surface area contributed by atoms with E-state index in [1.165, 1.54) is 27.7 Å². The molecule has 0 saturated heterocycles. The van der Waals surface area contributed by atoms with Crippen LogP contribution in [0.1, 0.15) is 27.7 Å². The molecule has 0 aliphatic carbocycles. The van der Waals surface area contributed by atoms with Gasteiger partial charge in [0.15, 0.2) is 0 Å². The first-order chi connectivity index (χ1) is 5.07. The smallest absolute Gasteiger partial charge is 0.393 e. The first-order valence-electron chi connectivity index (χ1n) is 3.81. The number of rotatable bonds is 1. The van der Waals surface area contributed by atoms with Crippen molar-refractivity contribution in [3.8, 4) is 0 Å². The highest BCUT2D eigenvalue weighted by Gasteiger charge is 2.49. The van der Waals surface area contributed by atoms with Crippen molar-refractivity contribution >= 4 is 0 Å². The summed E-state index contributed by atoms with van der Waals surface area (Å²) in [5.41, 5.74) is -0.952. The van der Waals surface area contributed by atoms with Crippen LogP contribution in [-0.4, -0.2) is 17.4 Å². The zero-order chi connectivity index (χ0) is 10.2. The normalized spacial score (nSPS) is 19.0. The third kappa shape index (κ3) is 3.01. The van der Waals surface area contributed by atoms with Crippen molar-refractivity contribution in [2.75, 3.05) is 0 Å². The molecule has 0 aromatic heterocycles. The van der Waals surface area contributed by atoms with Crippen molar-refractivity contribution < 1.29 is 18.3 Å². The van der Waals surface area contributed by atoms with Crippen molar-refractivity contribution in [2.45, 2.75) is 40.0 Å². The maximum absolute atomic E-state index is 12.3. The monoisotopic (exact) mass is 184 g/mol. The zero-order valence-electron chi connectivity index (χ0n) is 7.74. The van der Waals surface area contributed by atoms with Crippen LogP contribution in [0.15, 0.2) is 0 Å². The molecule has 1 nitrogen and oxygen atoms in total. The van der Waals surface area contributed by atoms with Gasteiger partial charge in [-0.3, -0.25) is 0 Å². The molecule has 1 N–H and O–H groups in total. The maximum Gasteiger partial charge on any atom is 0.394 e. The Balaban J connectivity index is 4.70. The summed E-state index contributed by atoms with van der Waals surface area (Å²) in [6.45, 7) is 5.58. The highest BCUT2D eigenvalue weighted by Crippen LogP contribution is 2.41. The van der Waals surface area contributed by atoms with Crippen molar-refractivity contribution in [1.29, 1.82) is 0 Å². The van der Waals surface area contributed by atoms with Gasteiger partial charge in [0.25, 0.3) is 0 Å². The molecule has 0 spiro atoms. The Morgan fingerprint density at radius 1 is 1.08 bits per heavy atom. The molecule has 4 heteroatoms. The van der Waals surface area contributed by atoms with Crippen LogP contribution >= 0.6 is 0 Å². The van der Waals surface area contributed by atoms with E-state index >= 15 is 0 Å². The lowest BCUT2D eigenvalue weighted by molar-refractivity contribution is -0.224. The summed E-state index contributed by atoms with van der Waals surface area (Å²) in [7, 11) is 0.